The molecule has 28 heavy (non-hydrogen) atoms. The van der Waals surface area contributed by atoms with Crippen molar-refractivity contribution < 1.29 is 19.0 Å². The minimum Gasteiger partial charge on any atom is -0.493 e. The third kappa shape index (κ3) is 3.81. The normalized spacial score (nSPS) is 15.9. The first-order valence-corrected chi connectivity index (χ1v) is 9.22. The van der Waals surface area contributed by atoms with Gasteiger partial charge in [-0.3, -0.25) is 0 Å². The Morgan fingerprint density at radius 2 is 2.07 bits per heavy atom. The Bertz CT molecular complexity index is 888. The van der Waals surface area contributed by atoms with Crippen LogP contribution in [0.2, 0.25) is 0 Å². The summed E-state index contributed by atoms with van der Waals surface area (Å²) in [6.45, 7) is 6.73. The molecule has 2 aromatic rings. The quantitative estimate of drug-likeness (QED) is 0.731. The Balaban J connectivity index is 2.00. The van der Waals surface area contributed by atoms with Crippen molar-refractivity contribution in [1.82, 2.24) is 14.8 Å². The lowest BCUT2D eigenvalue weighted by Gasteiger charge is -2.28. The van der Waals surface area contributed by atoms with E-state index < -0.39 is 12.0 Å². The van der Waals surface area contributed by atoms with Crippen molar-refractivity contribution >= 4 is 11.9 Å². The van der Waals surface area contributed by atoms with Crippen LogP contribution >= 0.6 is 0 Å². The van der Waals surface area contributed by atoms with Crippen LogP contribution in [-0.2, 0) is 9.53 Å². The first kappa shape index (κ1) is 19.7. The first-order valence-electron chi connectivity index (χ1n) is 9.22. The summed E-state index contributed by atoms with van der Waals surface area (Å²) in [5.41, 5.74) is 1.96. The van der Waals surface area contributed by atoms with Crippen molar-refractivity contribution in [1.29, 1.82) is 0 Å². The molecular weight excluding hydrogens is 360 g/mol. The van der Waals surface area contributed by atoms with Gasteiger partial charge in [0.25, 0.3) is 0 Å². The summed E-state index contributed by atoms with van der Waals surface area (Å²) in [7, 11) is 2.96. The average molecular weight is 386 g/mol. The first-order chi connectivity index (χ1) is 13.5. The highest BCUT2D eigenvalue weighted by Gasteiger charge is 2.34. The zero-order chi connectivity index (χ0) is 20.3. The average Bonchev–Trinajstić information content (AvgIpc) is 3.14. The molecule has 0 saturated carbocycles. The van der Waals surface area contributed by atoms with Crippen LogP contribution in [0.15, 0.2) is 35.8 Å². The maximum Gasteiger partial charge on any atom is 0.338 e. The zero-order valence-corrected chi connectivity index (χ0v) is 16.9. The van der Waals surface area contributed by atoms with E-state index in [0.29, 0.717) is 41.2 Å². The summed E-state index contributed by atoms with van der Waals surface area (Å²) in [5.74, 6) is 1.96. The van der Waals surface area contributed by atoms with E-state index in [4.69, 9.17) is 14.2 Å². The van der Waals surface area contributed by atoms with Gasteiger partial charge in [0.05, 0.1) is 26.4 Å². The van der Waals surface area contributed by atoms with Gasteiger partial charge < -0.3 is 19.5 Å². The van der Waals surface area contributed by atoms with Gasteiger partial charge in [0, 0.05) is 5.70 Å². The summed E-state index contributed by atoms with van der Waals surface area (Å²) < 4.78 is 18.1. The van der Waals surface area contributed by atoms with Crippen LogP contribution in [0.3, 0.4) is 0 Å². The standard InChI is InChI=1S/C20H26N4O4/c1-12(2)8-9-28-15-7-6-14(10-16(15)26-4)18-17(19(25)27-5)13(3)23-20-21-11-22-24(18)20/h6-7,10-12,18H,8-9H2,1-5H3,(H,21,22,23)/t18-/m0/s1. The van der Waals surface area contributed by atoms with Crippen LogP contribution in [0, 0.1) is 5.92 Å². The number of esters is 1. The number of rotatable bonds is 7. The van der Waals surface area contributed by atoms with Crippen LogP contribution < -0.4 is 14.8 Å². The van der Waals surface area contributed by atoms with Crippen molar-refractivity contribution in [2.24, 2.45) is 5.92 Å². The molecule has 150 valence electrons. The minimum atomic E-state index is -0.482. The van der Waals surface area contributed by atoms with Crippen molar-refractivity contribution in [3.8, 4) is 11.5 Å². The molecule has 0 aliphatic carbocycles. The molecule has 1 aromatic heterocycles. The monoisotopic (exact) mass is 386 g/mol. The number of hydrogen-bond donors (Lipinski definition) is 1. The minimum absolute atomic E-state index is 0.424. The van der Waals surface area contributed by atoms with Crippen molar-refractivity contribution in [3.05, 3.63) is 41.4 Å². The fourth-order valence-corrected chi connectivity index (χ4v) is 3.15. The number of fused-ring (bicyclic) bond motifs is 1. The molecule has 1 atom stereocenters. The van der Waals surface area contributed by atoms with E-state index in [1.807, 2.05) is 25.1 Å². The van der Waals surface area contributed by atoms with E-state index in [9.17, 15) is 4.79 Å². The SMILES string of the molecule is COC(=O)C1=C(C)Nc2ncnn2[C@H]1c1ccc(OCCC(C)C)c(OC)c1. The summed E-state index contributed by atoms with van der Waals surface area (Å²) in [5, 5.41) is 7.39. The van der Waals surface area contributed by atoms with Crippen LogP contribution in [0.4, 0.5) is 5.95 Å². The number of benzene rings is 1. The van der Waals surface area contributed by atoms with Gasteiger partial charge in [0.1, 0.15) is 12.4 Å². The van der Waals surface area contributed by atoms with Crippen molar-refractivity contribution in [3.63, 3.8) is 0 Å². The lowest BCUT2D eigenvalue weighted by atomic mass is 9.95. The topological polar surface area (TPSA) is 87.5 Å². The maximum atomic E-state index is 12.5. The van der Waals surface area contributed by atoms with E-state index in [1.165, 1.54) is 13.4 Å². The Morgan fingerprint density at radius 1 is 1.29 bits per heavy atom. The van der Waals surface area contributed by atoms with Gasteiger partial charge in [0.15, 0.2) is 11.5 Å². The van der Waals surface area contributed by atoms with Crippen molar-refractivity contribution in [2.45, 2.75) is 33.2 Å². The van der Waals surface area contributed by atoms with Gasteiger partial charge in [-0.2, -0.15) is 10.1 Å². The summed E-state index contributed by atoms with van der Waals surface area (Å²) in [4.78, 5) is 16.7. The predicted molar refractivity (Wildman–Crippen MR) is 104 cm³/mol. The predicted octanol–water partition coefficient (Wildman–Crippen LogP) is 3.17. The molecule has 1 aliphatic heterocycles. The second kappa shape index (κ2) is 8.33. The molecule has 0 radical (unpaired) electrons. The number of hydrogen-bond acceptors (Lipinski definition) is 7. The second-order valence-electron chi connectivity index (χ2n) is 7.03. The maximum absolute atomic E-state index is 12.5. The van der Waals surface area contributed by atoms with E-state index in [0.717, 1.165) is 12.0 Å². The summed E-state index contributed by atoms with van der Waals surface area (Å²) in [6.07, 6.45) is 2.40. The molecule has 1 N–H and O–H groups in total. The van der Waals surface area contributed by atoms with E-state index in [2.05, 4.69) is 29.2 Å². The van der Waals surface area contributed by atoms with E-state index in [1.54, 1.807) is 11.8 Å². The molecule has 1 aromatic carbocycles. The molecule has 0 fully saturated rings. The molecule has 0 bridgehead atoms. The Labute approximate surface area is 164 Å². The van der Waals surface area contributed by atoms with E-state index in [-0.39, 0.29) is 0 Å². The molecule has 1 aliphatic rings. The van der Waals surface area contributed by atoms with E-state index >= 15 is 0 Å². The third-order valence-electron chi connectivity index (χ3n) is 4.66. The number of ether oxygens (including phenoxy) is 3. The highest BCUT2D eigenvalue weighted by atomic mass is 16.5. The van der Waals surface area contributed by atoms with Crippen LogP contribution in [0.5, 0.6) is 11.5 Å². The fourth-order valence-electron chi connectivity index (χ4n) is 3.15. The molecule has 0 saturated heterocycles. The van der Waals surface area contributed by atoms with Crippen LogP contribution in [-0.4, -0.2) is 41.6 Å². The smallest absolute Gasteiger partial charge is 0.338 e. The second-order valence-corrected chi connectivity index (χ2v) is 7.03. The fraction of sp³-hybridized carbons (Fsp3) is 0.450. The largest absolute Gasteiger partial charge is 0.493 e. The van der Waals surface area contributed by atoms with Gasteiger partial charge >= 0.3 is 5.97 Å². The zero-order valence-electron chi connectivity index (χ0n) is 16.9. The van der Waals surface area contributed by atoms with Gasteiger partial charge in [-0.25, -0.2) is 9.48 Å². The van der Waals surface area contributed by atoms with Crippen LogP contribution in [0.1, 0.15) is 38.8 Å². The Morgan fingerprint density at radius 3 is 2.75 bits per heavy atom. The summed E-state index contributed by atoms with van der Waals surface area (Å²) >= 11 is 0. The Hall–Kier alpha value is -3.03. The number of methoxy groups -OCH3 is 2. The Kier molecular flexibility index (Phi) is 5.87. The lowest BCUT2D eigenvalue weighted by molar-refractivity contribution is -0.136. The highest BCUT2D eigenvalue weighted by Crippen LogP contribution is 2.38. The molecule has 2 heterocycles. The molecular formula is C20H26N4O4. The molecule has 3 rings (SSSR count). The lowest BCUT2D eigenvalue weighted by Crippen LogP contribution is -2.29. The molecule has 0 amide bonds. The van der Waals surface area contributed by atoms with Crippen LogP contribution in [0.25, 0.3) is 0 Å². The molecule has 0 spiro atoms. The van der Waals surface area contributed by atoms with Gasteiger partial charge in [-0.15, -0.1) is 0 Å². The van der Waals surface area contributed by atoms with Crippen molar-refractivity contribution in [2.75, 3.05) is 26.1 Å². The summed E-state index contributed by atoms with van der Waals surface area (Å²) in [6, 6.07) is 5.15. The molecule has 8 heteroatoms. The molecule has 8 nitrogen and oxygen atoms in total. The van der Waals surface area contributed by atoms with Gasteiger partial charge in [0.2, 0.25) is 5.95 Å². The number of nitrogens with zero attached hydrogens (tertiary/aromatic N) is 3. The number of carbonyl (C=O) groups excluding carboxylic acids is 1. The van der Waals surface area contributed by atoms with Gasteiger partial charge in [-0.05, 0) is 37.0 Å². The highest BCUT2D eigenvalue weighted by molar-refractivity contribution is 5.92. The number of anilines is 1. The molecule has 0 unspecified atom stereocenters. The third-order valence-corrected chi connectivity index (χ3v) is 4.66. The van der Waals surface area contributed by atoms with Gasteiger partial charge in [-0.1, -0.05) is 19.9 Å². The number of allylic oxidation sites excluding steroid dienone is 1. The number of aromatic nitrogens is 3. The number of carbonyl (C=O) groups is 1. The number of nitrogens with one attached hydrogen (secondary N) is 1.